The molecular weight excluding hydrogens is 324 g/mol. The van der Waals surface area contributed by atoms with Gasteiger partial charge in [0.15, 0.2) is 0 Å². The topological polar surface area (TPSA) is 33.2 Å². The van der Waals surface area contributed by atoms with E-state index in [1.54, 1.807) is 23.1 Å². The molecule has 0 aliphatic carbocycles. The van der Waals surface area contributed by atoms with E-state index in [-0.39, 0.29) is 5.91 Å². The van der Waals surface area contributed by atoms with Gasteiger partial charge in [0.05, 0.1) is 16.3 Å². The Balaban J connectivity index is 1.73. The lowest BCUT2D eigenvalue weighted by Crippen LogP contribution is -2.39. The molecule has 1 saturated heterocycles. The van der Waals surface area contributed by atoms with Crippen LogP contribution < -0.4 is 0 Å². The Labute approximate surface area is 146 Å². The third-order valence-corrected chi connectivity index (χ3v) is 6.03. The maximum Gasteiger partial charge on any atom is 0.254 e. The maximum absolute atomic E-state index is 12.9. The molecule has 2 heterocycles. The molecule has 0 spiro atoms. The van der Waals surface area contributed by atoms with Crippen LogP contribution in [0.2, 0.25) is 0 Å². The van der Waals surface area contributed by atoms with Gasteiger partial charge < -0.3 is 4.90 Å². The van der Waals surface area contributed by atoms with Crippen molar-refractivity contribution in [2.75, 3.05) is 13.1 Å². The minimum Gasteiger partial charge on any atom is -0.338 e. The molecule has 2 aromatic rings. The number of amides is 1. The van der Waals surface area contributed by atoms with Crippen molar-refractivity contribution in [3.8, 4) is 0 Å². The van der Waals surface area contributed by atoms with Gasteiger partial charge in [-0.05, 0) is 37.8 Å². The molecular formula is C18H22N2OS2. The average molecular weight is 347 g/mol. The summed E-state index contributed by atoms with van der Waals surface area (Å²) in [7, 11) is 0. The number of carbonyl (C=O) groups excluding carboxylic acids is 1. The summed E-state index contributed by atoms with van der Waals surface area (Å²) < 4.78 is 0. The van der Waals surface area contributed by atoms with E-state index in [4.69, 9.17) is 0 Å². The highest BCUT2D eigenvalue weighted by Gasteiger charge is 2.23. The first-order valence-corrected chi connectivity index (χ1v) is 9.92. The van der Waals surface area contributed by atoms with Crippen molar-refractivity contribution in [1.29, 1.82) is 0 Å². The molecule has 3 nitrogen and oxygen atoms in total. The van der Waals surface area contributed by atoms with Gasteiger partial charge in [0.25, 0.3) is 5.91 Å². The lowest BCUT2D eigenvalue weighted by Gasteiger charge is -2.31. The van der Waals surface area contributed by atoms with Gasteiger partial charge in [-0.3, -0.25) is 4.79 Å². The second kappa shape index (κ2) is 7.49. The van der Waals surface area contributed by atoms with Gasteiger partial charge in [-0.25, -0.2) is 4.98 Å². The van der Waals surface area contributed by atoms with Gasteiger partial charge in [0.2, 0.25) is 0 Å². The Morgan fingerprint density at radius 2 is 2.26 bits per heavy atom. The van der Waals surface area contributed by atoms with Crippen molar-refractivity contribution in [3.05, 3.63) is 45.9 Å². The molecule has 1 unspecified atom stereocenters. The Morgan fingerprint density at radius 1 is 1.43 bits per heavy atom. The first kappa shape index (κ1) is 16.5. The molecule has 23 heavy (non-hydrogen) atoms. The molecule has 0 N–H and O–H groups in total. The zero-order chi connectivity index (χ0) is 16.2. The SMILES string of the molecule is Cc1nc(CSc2ccccc2C(=O)N2CCCC(C)C2)cs1. The number of rotatable bonds is 4. The van der Waals surface area contributed by atoms with E-state index in [1.165, 1.54) is 6.42 Å². The van der Waals surface area contributed by atoms with Crippen LogP contribution in [-0.4, -0.2) is 28.9 Å². The number of hydrogen-bond acceptors (Lipinski definition) is 4. The summed E-state index contributed by atoms with van der Waals surface area (Å²) in [5.41, 5.74) is 1.92. The number of piperidine rings is 1. The fraction of sp³-hybridized carbons (Fsp3) is 0.444. The number of benzene rings is 1. The summed E-state index contributed by atoms with van der Waals surface area (Å²) >= 11 is 3.38. The highest BCUT2D eigenvalue weighted by molar-refractivity contribution is 7.98. The van der Waals surface area contributed by atoms with E-state index < -0.39 is 0 Å². The van der Waals surface area contributed by atoms with Gasteiger partial charge in [-0.15, -0.1) is 23.1 Å². The van der Waals surface area contributed by atoms with Crippen LogP contribution in [0.25, 0.3) is 0 Å². The van der Waals surface area contributed by atoms with Gasteiger partial charge in [0.1, 0.15) is 0 Å². The van der Waals surface area contributed by atoms with E-state index in [1.807, 2.05) is 36.1 Å². The highest BCUT2D eigenvalue weighted by Crippen LogP contribution is 2.28. The Morgan fingerprint density at radius 3 is 3.00 bits per heavy atom. The quantitative estimate of drug-likeness (QED) is 0.758. The van der Waals surface area contributed by atoms with E-state index in [2.05, 4.69) is 17.3 Å². The molecule has 1 aliphatic heterocycles. The number of aryl methyl sites for hydroxylation is 1. The summed E-state index contributed by atoms with van der Waals surface area (Å²) in [5, 5.41) is 3.19. The molecule has 0 bridgehead atoms. The largest absolute Gasteiger partial charge is 0.338 e. The number of nitrogens with zero attached hydrogens (tertiary/aromatic N) is 2. The van der Waals surface area contributed by atoms with Crippen LogP contribution >= 0.6 is 23.1 Å². The van der Waals surface area contributed by atoms with E-state index >= 15 is 0 Å². The summed E-state index contributed by atoms with van der Waals surface area (Å²) in [6.07, 6.45) is 2.34. The number of thiazole rings is 1. The van der Waals surface area contributed by atoms with Crippen molar-refractivity contribution >= 4 is 29.0 Å². The number of hydrogen-bond donors (Lipinski definition) is 0. The number of carbonyl (C=O) groups is 1. The van der Waals surface area contributed by atoms with Crippen LogP contribution in [0.1, 0.15) is 40.8 Å². The van der Waals surface area contributed by atoms with Crippen molar-refractivity contribution in [3.63, 3.8) is 0 Å². The van der Waals surface area contributed by atoms with E-state index in [9.17, 15) is 4.79 Å². The van der Waals surface area contributed by atoms with Crippen LogP contribution in [0.15, 0.2) is 34.5 Å². The summed E-state index contributed by atoms with van der Waals surface area (Å²) in [5.74, 6) is 1.59. The number of likely N-dealkylation sites (tertiary alicyclic amines) is 1. The smallest absolute Gasteiger partial charge is 0.254 e. The minimum atomic E-state index is 0.175. The summed E-state index contributed by atoms with van der Waals surface area (Å²) in [6.45, 7) is 6.01. The first-order chi connectivity index (χ1) is 11.1. The van der Waals surface area contributed by atoms with Crippen LogP contribution in [0, 0.1) is 12.8 Å². The maximum atomic E-state index is 12.9. The van der Waals surface area contributed by atoms with Crippen molar-refractivity contribution < 1.29 is 4.79 Å². The molecule has 1 aromatic heterocycles. The van der Waals surface area contributed by atoms with Crippen LogP contribution in [0.3, 0.4) is 0 Å². The standard InChI is InChI=1S/C18H22N2OS2/c1-13-6-5-9-20(10-13)18(21)16-7-3-4-8-17(16)23-12-15-11-22-14(2)19-15/h3-4,7-8,11,13H,5-6,9-10,12H2,1-2H3. The Hall–Kier alpha value is -1.33. The third-order valence-electron chi connectivity index (χ3n) is 4.10. The van der Waals surface area contributed by atoms with Crippen LogP contribution in [0.4, 0.5) is 0 Å². The molecule has 1 atom stereocenters. The number of thioether (sulfide) groups is 1. The van der Waals surface area contributed by atoms with E-state index in [0.717, 1.165) is 46.4 Å². The van der Waals surface area contributed by atoms with Crippen LogP contribution in [0.5, 0.6) is 0 Å². The van der Waals surface area contributed by atoms with Gasteiger partial charge in [0, 0.05) is 29.1 Å². The zero-order valence-electron chi connectivity index (χ0n) is 13.6. The second-order valence-electron chi connectivity index (χ2n) is 6.14. The van der Waals surface area contributed by atoms with Gasteiger partial charge in [-0.2, -0.15) is 0 Å². The molecule has 122 valence electrons. The predicted octanol–water partition coefficient (Wildman–Crippen LogP) is 4.62. The Kier molecular flexibility index (Phi) is 5.38. The predicted molar refractivity (Wildman–Crippen MR) is 97.2 cm³/mol. The third kappa shape index (κ3) is 4.15. The molecule has 5 heteroatoms. The van der Waals surface area contributed by atoms with E-state index in [0.29, 0.717) is 5.92 Å². The van der Waals surface area contributed by atoms with Gasteiger partial charge in [-0.1, -0.05) is 19.1 Å². The fourth-order valence-corrected chi connectivity index (χ4v) is 4.59. The zero-order valence-corrected chi connectivity index (χ0v) is 15.3. The average Bonchev–Trinajstić information content (AvgIpc) is 2.98. The molecule has 1 aromatic carbocycles. The summed E-state index contributed by atoms with van der Waals surface area (Å²) in [6, 6.07) is 7.96. The highest BCUT2D eigenvalue weighted by atomic mass is 32.2. The molecule has 1 fully saturated rings. The monoisotopic (exact) mass is 346 g/mol. The van der Waals surface area contributed by atoms with Crippen molar-refractivity contribution in [1.82, 2.24) is 9.88 Å². The summed E-state index contributed by atoms with van der Waals surface area (Å²) in [4.78, 5) is 20.5. The normalized spacial score (nSPS) is 18.2. The lowest BCUT2D eigenvalue weighted by atomic mass is 9.99. The Bertz CT molecular complexity index is 683. The van der Waals surface area contributed by atoms with Crippen molar-refractivity contribution in [2.45, 2.75) is 37.3 Å². The minimum absolute atomic E-state index is 0.175. The molecule has 1 amide bonds. The van der Waals surface area contributed by atoms with Gasteiger partial charge >= 0.3 is 0 Å². The van der Waals surface area contributed by atoms with Crippen molar-refractivity contribution in [2.24, 2.45) is 5.92 Å². The molecule has 1 aliphatic rings. The molecule has 0 saturated carbocycles. The second-order valence-corrected chi connectivity index (χ2v) is 8.22. The molecule has 0 radical (unpaired) electrons. The molecule has 3 rings (SSSR count). The lowest BCUT2D eigenvalue weighted by molar-refractivity contribution is 0.0679. The van der Waals surface area contributed by atoms with Crippen LogP contribution in [-0.2, 0) is 5.75 Å². The first-order valence-electron chi connectivity index (χ1n) is 8.05. The number of aromatic nitrogens is 1. The fourth-order valence-electron chi connectivity index (χ4n) is 2.94.